The summed E-state index contributed by atoms with van der Waals surface area (Å²) in [7, 11) is 0. The average molecular weight is 367 g/mol. The summed E-state index contributed by atoms with van der Waals surface area (Å²) in [6, 6.07) is 11.5. The Morgan fingerprint density at radius 3 is 2.00 bits per heavy atom. The molecule has 3 nitrogen and oxygen atoms in total. The van der Waals surface area contributed by atoms with Gasteiger partial charge in [0, 0.05) is 5.92 Å². The summed E-state index contributed by atoms with van der Waals surface area (Å²) in [5.74, 6) is -1.09. The van der Waals surface area contributed by atoms with Crippen molar-refractivity contribution in [1.82, 2.24) is 0 Å². The second kappa shape index (κ2) is 6.79. The molecule has 0 saturated carbocycles. The van der Waals surface area contributed by atoms with Crippen LogP contribution in [0.25, 0.3) is 0 Å². The predicted molar refractivity (Wildman–Crippen MR) is 109 cm³/mol. The number of rotatable bonds is 4. The number of carbonyl (C=O) groups is 1. The molecule has 3 rings (SSSR count). The summed E-state index contributed by atoms with van der Waals surface area (Å²) >= 11 is 0. The van der Waals surface area contributed by atoms with Crippen molar-refractivity contribution in [3.8, 4) is 0 Å². The molecule has 2 N–H and O–H groups in total. The van der Waals surface area contributed by atoms with E-state index < -0.39 is 5.97 Å². The maximum Gasteiger partial charge on any atom is 0.335 e. The van der Waals surface area contributed by atoms with Crippen molar-refractivity contribution in [3.05, 3.63) is 69.8 Å². The number of aromatic carboxylic acids is 1. The van der Waals surface area contributed by atoms with E-state index in [1.807, 2.05) is 12.1 Å². The fourth-order valence-electron chi connectivity index (χ4n) is 4.36. The van der Waals surface area contributed by atoms with Gasteiger partial charge in [-0.2, -0.15) is 0 Å². The Hall–Kier alpha value is -2.13. The highest BCUT2D eigenvalue weighted by molar-refractivity contribution is 5.87. The summed E-state index contributed by atoms with van der Waals surface area (Å²) in [5, 5.41) is 19.3. The minimum absolute atomic E-state index is 0.00410. The molecule has 2 aromatic carbocycles. The molecule has 0 aromatic heterocycles. The third kappa shape index (κ3) is 3.53. The first-order valence-corrected chi connectivity index (χ1v) is 9.66. The molecule has 0 aliphatic heterocycles. The number of aryl methyl sites for hydroxylation is 1. The smallest absolute Gasteiger partial charge is 0.335 e. The molecule has 144 valence electrons. The summed E-state index contributed by atoms with van der Waals surface area (Å²) in [4.78, 5) is 11.1. The number of hydrogen-bond acceptors (Lipinski definition) is 2. The van der Waals surface area contributed by atoms with E-state index in [0.29, 0.717) is 0 Å². The molecule has 0 fully saturated rings. The number of fused-ring (bicyclic) bond motifs is 1. The maximum atomic E-state index is 11.1. The van der Waals surface area contributed by atoms with Gasteiger partial charge in [0.2, 0.25) is 0 Å². The Morgan fingerprint density at radius 2 is 1.52 bits per heavy atom. The van der Waals surface area contributed by atoms with E-state index in [0.717, 1.165) is 17.5 Å². The minimum atomic E-state index is -0.934. The normalized spacial score (nSPS) is 18.6. The largest absolute Gasteiger partial charge is 0.478 e. The first-order chi connectivity index (χ1) is 12.6. The van der Waals surface area contributed by atoms with Gasteiger partial charge in [-0.3, -0.25) is 0 Å². The SMILES string of the molecule is Cc1cc2c(cc1C(CO)c1ccc(C(=O)O)cc1)C(C)(C)CCC2(C)C. The van der Waals surface area contributed by atoms with E-state index >= 15 is 0 Å². The molecule has 1 aliphatic rings. The lowest BCUT2D eigenvalue weighted by atomic mass is 9.62. The Morgan fingerprint density at radius 1 is 1.00 bits per heavy atom. The zero-order chi connectivity index (χ0) is 20.0. The lowest BCUT2D eigenvalue weighted by Crippen LogP contribution is -2.34. The van der Waals surface area contributed by atoms with Gasteiger partial charge >= 0.3 is 5.97 Å². The molecule has 1 aliphatic carbocycles. The number of carboxylic acid groups (broad SMARTS) is 1. The minimum Gasteiger partial charge on any atom is -0.478 e. The fourth-order valence-corrected chi connectivity index (χ4v) is 4.36. The van der Waals surface area contributed by atoms with Gasteiger partial charge in [0.15, 0.2) is 0 Å². The highest BCUT2D eigenvalue weighted by atomic mass is 16.4. The molecule has 0 saturated heterocycles. The standard InChI is InChI=1S/C24H30O3/c1-15-12-20-21(24(4,5)11-10-23(20,2)3)13-18(15)19(14-25)16-6-8-17(9-7-16)22(26)27/h6-9,12-13,19,25H,10-11,14H2,1-5H3,(H,26,27). The first kappa shape index (κ1) is 19.6. The van der Waals surface area contributed by atoms with Gasteiger partial charge in [-0.05, 0) is 70.5 Å². The van der Waals surface area contributed by atoms with Crippen LogP contribution in [0.2, 0.25) is 0 Å². The van der Waals surface area contributed by atoms with E-state index in [9.17, 15) is 9.90 Å². The molecule has 0 heterocycles. The zero-order valence-electron chi connectivity index (χ0n) is 17.0. The monoisotopic (exact) mass is 366 g/mol. The molecular formula is C24H30O3. The van der Waals surface area contributed by atoms with Gasteiger partial charge in [-0.25, -0.2) is 4.79 Å². The fraction of sp³-hybridized carbons (Fsp3) is 0.458. The van der Waals surface area contributed by atoms with E-state index in [4.69, 9.17) is 5.11 Å². The lowest BCUT2D eigenvalue weighted by molar-refractivity contribution is 0.0697. The number of hydrogen-bond donors (Lipinski definition) is 2. The van der Waals surface area contributed by atoms with E-state index in [2.05, 4.69) is 46.8 Å². The quantitative estimate of drug-likeness (QED) is 0.785. The van der Waals surface area contributed by atoms with Crippen LogP contribution in [-0.4, -0.2) is 22.8 Å². The van der Waals surface area contributed by atoms with Crippen LogP contribution < -0.4 is 0 Å². The van der Waals surface area contributed by atoms with Crippen LogP contribution in [0.15, 0.2) is 36.4 Å². The average Bonchev–Trinajstić information content (AvgIpc) is 2.61. The molecular weight excluding hydrogens is 336 g/mol. The van der Waals surface area contributed by atoms with E-state index in [1.54, 1.807) is 12.1 Å². The molecule has 0 spiro atoms. The lowest BCUT2D eigenvalue weighted by Gasteiger charge is -2.42. The third-order valence-corrected chi connectivity index (χ3v) is 6.36. The summed E-state index contributed by atoms with van der Waals surface area (Å²) in [6.45, 7) is 11.3. The van der Waals surface area contributed by atoms with E-state index in [-0.39, 0.29) is 28.9 Å². The van der Waals surface area contributed by atoms with Crippen molar-refractivity contribution in [1.29, 1.82) is 0 Å². The van der Waals surface area contributed by atoms with Crippen molar-refractivity contribution in [3.63, 3.8) is 0 Å². The summed E-state index contributed by atoms with van der Waals surface area (Å²) in [5.41, 5.74) is 6.58. The third-order valence-electron chi connectivity index (χ3n) is 6.36. The molecule has 0 bridgehead atoms. The van der Waals surface area contributed by atoms with Crippen LogP contribution in [0.3, 0.4) is 0 Å². The van der Waals surface area contributed by atoms with Crippen LogP contribution in [0.5, 0.6) is 0 Å². The Balaban J connectivity index is 2.11. The van der Waals surface area contributed by atoms with Crippen molar-refractivity contribution in [2.75, 3.05) is 6.61 Å². The molecule has 1 unspecified atom stereocenters. The molecule has 1 atom stereocenters. The second-order valence-corrected chi connectivity index (χ2v) is 9.18. The van der Waals surface area contributed by atoms with Gasteiger partial charge in [-0.15, -0.1) is 0 Å². The van der Waals surface area contributed by atoms with Gasteiger partial charge in [0.05, 0.1) is 12.2 Å². The molecule has 3 heteroatoms. The Kier molecular flexibility index (Phi) is 4.94. The molecule has 27 heavy (non-hydrogen) atoms. The highest BCUT2D eigenvalue weighted by Gasteiger charge is 2.37. The maximum absolute atomic E-state index is 11.1. The molecule has 2 aromatic rings. The Labute approximate surface area is 162 Å². The Bertz CT molecular complexity index is 860. The summed E-state index contributed by atoms with van der Waals surface area (Å²) in [6.07, 6.45) is 2.32. The van der Waals surface area contributed by atoms with Crippen LogP contribution in [0, 0.1) is 6.92 Å². The van der Waals surface area contributed by atoms with Crippen molar-refractivity contribution < 1.29 is 15.0 Å². The second-order valence-electron chi connectivity index (χ2n) is 9.18. The molecule has 0 radical (unpaired) electrons. The van der Waals surface area contributed by atoms with Crippen LogP contribution in [0.4, 0.5) is 0 Å². The topological polar surface area (TPSA) is 57.5 Å². The zero-order valence-corrected chi connectivity index (χ0v) is 17.0. The van der Waals surface area contributed by atoms with Gasteiger partial charge in [-0.1, -0.05) is 52.0 Å². The molecule has 0 amide bonds. The van der Waals surface area contributed by atoms with Crippen LogP contribution in [0.1, 0.15) is 84.6 Å². The number of carboxylic acids is 1. The van der Waals surface area contributed by atoms with Crippen molar-refractivity contribution >= 4 is 5.97 Å². The van der Waals surface area contributed by atoms with Crippen molar-refractivity contribution in [2.45, 2.75) is 64.2 Å². The number of aliphatic hydroxyl groups is 1. The van der Waals surface area contributed by atoms with E-state index in [1.165, 1.54) is 23.1 Å². The van der Waals surface area contributed by atoms with Gasteiger partial charge in [0.1, 0.15) is 0 Å². The van der Waals surface area contributed by atoms with Crippen molar-refractivity contribution in [2.24, 2.45) is 0 Å². The first-order valence-electron chi connectivity index (χ1n) is 9.66. The highest BCUT2D eigenvalue weighted by Crippen LogP contribution is 2.47. The van der Waals surface area contributed by atoms with Crippen LogP contribution >= 0.6 is 0 Å². The van der Waals surface area contributed by atoms with Gasteiger partial charge < -0.3 is 10.2 Å². The number of aliphatic hydroxyl groups excluding tert-OH is 1. The summed E-state index contributed by atoms with van der Waals surface area (Å²) < 4.78 is 0. The van der Waals surface area contributed by atoms with Crippen LogP contribution in [-0.2, 0) is 10.8 Å². The number of benzene rings is 2. The predicted octanol–water partition coefficient (Wildman–Crippen LogP) is 5.17. The van der Waals surface area contributed by atoms with Gasteiger partial charge in [0.25, 0.3) is 0 Å².